The van der Waals surface area contributed by atoms with Crippen molar-refractivity contribution in [3.8, 4) is 0 Å². The van der Waals surface area contributed by atoms with Crippen molar-refractivity contribution < 1.29 is 9.13 Å². The van der Waals surface area contributed by atoms with Crippen molar-refractivity contribution in [3.63, 3.8) is 0 Å². The van der Waals surface area contributed by atoms with Crippen LogP contribution in [0, 0.1) is 5.82 Å². The molecule has 0 saturated carbocycles. The van der Waals surface area contributed by atoms with Crippen molar-refractivity contribution in [1.29, 1.82) is 0 Å². The molecule has 3 nitrogen and oxygen atoms in total. The van der Waals surface area contributed by atoms with Gasteiger partial charge in [-0.15, -0.1) is 12.4 Å². The smallest absolute Gasteiger partial charge is 0.123 e. The van der Waals surface area contributed by atoms with E-state index in [1.807, 2.05) is 18.2 Å². The molecule has 124 valence electrons. The van der Waals surface area contributed by atoms with Gasteiger partial charge in [-0.3, -0.25) is 4.90 Å². The van der Waals surface area contributed by atoms with Crippen molar-refractivity contribution in [3.05, 3.63) is 65.5 Å². The normalized spacial score (nSPS) is 21.7. The molecule has 1 aliphatic rings. The number of nitrogens with two attached hydrogens (primary N) is 1. The van der Waals surface area contributed by atoms with E-state index >= 15 is 0 Å². The Morgan fingerprint density at radius 1 is 1.17 bits per heavy atom. The molecular formula is C18H22ClFN2O. The van der Waals surface area contributed by atoms with Gasteiger partial charge in [0.1, 0.15) is 5.82 Å². The van der Waals surface area contributed by atoms with Crippen molar-refractivity contribution in [2.45, 2.75) is 25.7 Å². The van der Waals surface area contributed by atoms with E-state index in [-0.39, 0.29) is 30.4 Å². The maximum atomic E-state index is 13.1. The number of rotatable bonds is 3. The number of anilines is 1. The van der Waals surface area contributed by atoms with Gasteiger partial charge in [0.2, 0.25) is 0 Å². The number of halogens is 2. The van der Waals surface area contributed by atoms with Crippen LogP contribution in [0.3, 0.4) is 0 Å². The first-order valence-corrected chi connectivity index (χ1v) is 7.58. The van der Waals surface area contributed by atoms with Gasteiger partial charge in [-0.25, -0.2) is 4.39 Å². The Labute approximate surface area is 142 Å². The molecule has 1 aliphatic heterocycles. The number of hydrogen-bond acceptors (Lipinski definition) is 3. The average molecular weight is 337 g/mol. The highest BCUT2D eigenvalue weighted by Crippen LogP contribution is 2.26. The van der Waals surface area contributed by atoms with Crippen LogP contribution in [0.25, 0.3) is 0 Å². The summed E-state index contributed by atoms with van der Waals surface area (Å²) >= 11 is 0. The van der Waals surface area contributed by atoms with Crippen LogP contribution in [0.1, 0.15) is 24.2 Å². The quantitative estimate of drug-likeness (QED) is 0.867. The lowest BCUT2D eigenvalue weighted by Crippen LogP contribution is -2.42. The number of morpholine rings is 1. The van der Waals surface area contributed by atoms with E-state index in [2.05, 4.69) is 17.9 Å². The lowest BCUT2D eigenvalue weighted by molar-refractivity contribution is -0.0814. The molecule has 3 rings (SSSR count). The van der Waals surface area contributed by atoms with Crippen LogP contribution in [0.4, 0.5) is 10.1 Å². The predicted octanol–water partition coefficient (Wildman–Crippen LogP) is 3.79. The summed E-state index contributed by atoms with van der Waals surface area (Å²) < 4.78 is 19.1. The minimum absolute atomic E-state index is 0. The van der Waals surface area contributed by atoms with E-state index in [4.69, 9.17) is 10.5 Å². The molecule has 5 heteroatoms. The summed E-state index contributed by atoms with van der Waals surface area (Å²) in [5.74, 6) is -0.218. The van der Waals surface area contributed by atoms with E-state index in [1.165, 1.54) is 17.7 Å². The van der Waals surface area contributed by atoms with E-state index in [1.54, 1.807) is 12.1 Å². The largest absolute Gasteiger partial charge is 0.399 e. The van der Waals surface area contributed by atoms with Crippen LogP contribution in [-0.2, 0) is 11.3 Å². The molecule has 0 aromatic heterocycles. The zero-order valence-electron chi connectivity index (χ0n) is 13.1. The minimum atomic E-state index is -0.218. The first-order chi connectivity index (χ1) is 10.6. The highest BCUT2D eigenvalue weighted by atomic mass is 35.5. The molecule has 2 unspecified atom stereocenters. The molecule has 0 aliphatic carbocycles. The Hall–Kier alpha value is -1.62. The fourth-order valence-corrected chi connectivity index (χ4v) is 2.98. The average Bonchev–Trinajstić information content (AvgIpc) is 2.47. The molecule has 1 fully saturated rings. The summed E-state index contributed by atoms with van der Waals surface area (Å²) in [4.78, 5) is 2.36. The lowest BCUT2D eigenvalue weighted by atomic mass is 10.1. The summed E-state index contributed by atoms with van der Waals surface area (Å²) in [5.41, 5.74) is 8.85. The molecule has 0 radical (unpaired) electrons. The Bertz CT molecular complexity index is 635. The Morgan fingerprint density at radius 3 is 2.61 bits per heavy atom. The fourth-order valence-electron chi connectivity index (χ4n) is 2.98. The minimum Gasteiger partial charge on any atom is -0.399 e. The second-order valence-corrected chi connectivity index (χ2v) is 5.93. The maximum absolute atomic E-state index is 13.1. The molecule has 0 amide bonds. The Kier molecular flexibility index (Phi) is 5.99. The lowest BCUT2D eigenvalue weighted by Gasteiger charge is -2.37. The number of nitrogens with zero attached hydrogens (tertiary/aromatic N) is 1. The maximum Gasteiger partial charge on any atom is 0.123 e. The summed E-state index contributed by atoms with van der Waals surface area (Å²) in [6.45, 7) is 4.59. The molecule has 0 bridgehead atoms. The monoisotopic (exact) mass is 336 g/mol. The molecule has 2 aromatic carbocycles. The van der Waals surface area contributed by atoms with Gasteiger partial charge in [-0.05, 0) is 42.3 Å². The van der Waals surface area contributed by atoms with Gasteiger partial charge in [-0.1, -0.05) is 24.3 Å². The first-order valence-electron chi connectivity index (χ1n) is 7.58. The van der Waals surface area contributed by atoms with Gasteiger partial charge in [0, 0.05) is 25.3 Å². The summed E-state index contributed by atoms with van der Waals surface area (Å²) in [6.07, 6.45) is 0.121. The van der Waals surface area contributed by atoms with Gasteiger partial charge < -0.3 is 10.5 Å². The van der Waals surface area contributed by atoms with Crippen molar-refractivity contribution in [2.75, 3.05) is 18.8 Å². The van der Waals surface area contributed by atoms with Gasteiger partial charge in [0.15, 0.2) is 0 Å². The van der Waals surface area contributed by atoms with Gasteiger partial charge in [0.05, 0.1) is 12.2 Å². The van der Waals surface area contributed by atoms with E-state index in [0.717, 1.165) is 30.9 Å². The summed E-state index contributed by atoms with van der Waals surface area (Å²) in [7, 11) is 0. The number of hydrogen-bond donors (Lipinski definition) is 1. The Balaban J connectivity index is 0.00000192. The van der Waals surface area contributed by atoms with Crippen LogP contribution in [0.5, 0.6) is 0 Å². The van der Waals surface area contributed by atoms with Gasteiger partial charge >= 0.3 is 0 Å². The molecule has 2 aromatic rings. The molecule has 2 atom stereocenters. The van der Waals surface area contributed by atoms with Crippen LogP contribution >= 0.6 is 12.4 Å². The van der Waals surface area contributed by atoms with E-state index in [9.17, 15) is 4.39 Å². The summed E-state index contributed by atoms with van der Waals surface area (Å²) in [6, 6.07) is 14.5. The van der Waals surface area contributed by atoms with Crippen molar-refractivity contribution in [1.82, 2.24) is 4.90 Å². The highest BCUT2D eigenvalue weighted by Gasteiger charge is 2.26. The zero-order valence-corrected chi connectivity index (χ0v) is 13.9. The number of benzene rings is 2. The zero-order chi connectivity index (χ0) is 15.5. The first kappa shape index (κ1) is 17.7. The molecule has 2 N–H and O–H groups in total. The van der Waals surface area contributed by atoms with Crippen LogP contribution in [0.15, 0.2) is 48.5 Å². The SMILES string of the molecule is CC1CN(Cc2cccc(N)c2)CC(c2ccc(F)cc2)O1.Cl. The van der Waals surface area contributed by atoms with Crippen LogP contribution < -0.4 is 5.73 Å². The second-order valence-electron chi connectivity index (χ2n) is 5.93. The molecule has 1 saturated heterocycles. The summed E-state index contributed by atoms with van der Waals surface area (Å²) in [5, 5.41) is 0. The molecule has 23 heavy (non-hydrogen) atoms. The molecule has 0 spiro atoms. The fraction of sp³-hybridized carbons (Fsp3) is 0.333. The number of ether oxygens (including phenoxy) is 1. The predicted molar refractivity (Wildman–Crippen MR) is 93.1 cm³/mol. The van der Waals surface area contributed by atoms with Crippen molar-refractivity contribution >= 4 is 18.1 Å². The third-order valence-electron chi connectivity index (χ3n) is 3.93. The third-order valence-corrected chi connectivity index (χ3v) is 3.93. The number of nitrogen functional groups attached to an aromatic ring is 1. The third kappa shape index (κ3) is 4.67. The topological polar surface area (TPSA) is 38.5 Å². The molecule has 1 heterocycles. The second kappa shape index (κ2) is 7.77. The van der Waals surface area contributed by atoms with E-state index in [0.29, 0.717) is 0 Å². The van der Waals surface area contributed by atoms with Crippen LogP contribution in [0.2, 0.25) is 0 Å². The van der Waals surface area contributed by atoms with Gasteiger partial charge in [-0.2, -0.15) is 0 Å². The van der Waals surface area contributed by atoms with Crippen LogP contribution in [-0.4, -0.2) is 24.1 Å². The molecular weight excluding hydrogens is 315 g/mol. The van der Waals surface area contributed by atoms with E-state index < -0.39 is 0 Å². The Morgan fingerprint density at radius 2 is 1.91 bits per heavy atom. The standard InChI is InChI=1S/C18H21FN2O.ClH/c1-13-10-21(11-14-3-2-4-17(20)9-14)12-18(22-13)15-5-7-16(19)8-6-15;/h2-9,13,18H,10-12,20H2,1H3;1H. The highest BCUT2D eigenvalue weighted by molar-refractivity contribution is 5.85. The van der Waals surface area contributed by atoms with Crippen molar-refractivity contribution in [2.24, 2.45) is 0 Å². The van der Waals surface area contributed by atoms with Gasteiger partial charge in [0.25, 0.3) is 0 Å².